The molecule has 3 aromatic rings. The predicted molar refractivity (Wildman–Crippen MR) is 108 cm³/mol. The van der Waals surface area contributed by atoms with E-state index in [0.717, 1.165) is 10.3 Å². The molecule has 0 aliphatic carbocycles. The van der Waals surface area contributed by atoms with Crippen LogP contribution in [0.25, 0.3) is 10.9 Å². The maximum Gasteiger partial charge on any atom is 0.270 e. The molecule has 8 nitrogen and oxygen atoms in total. The second kappa shape index (κ2) is 8.66. The molecular formula is C22H21N4O4-. The molecule has 30 heavy (non-hydrogen) atoms. The Hall–Kier alpha value is -3.86. The van der Waals surface area contributed by atoms with Crippen LogP contribution in [-0.4, -0.2) is 39.0 Å². The fraction of sp³-hybridized carbons (Fsp3) is 0.273. The van der Waals surface area contributed by atoms with Crippen molar-refractivity contribution in [1.29, 1.82) is 0 Å². The van der Waals surface area contributed by atoms with Gasteiger partial charge in [0.05, 0.1) is 30.4 Å². The lowest BCUT2D eigenvalue weighted by Crippen LogP contribution is -2.51. The second-order valence-electron chi connectivity index (χ2n) is 7.54. The number of carbonyl (C=O) groups is 2. The van der Waals surface area contributed by atoms with Crippen LogP contribution in [-0.2, 0) is 6.54 Å². The molecule has 0 bridgehead atoms. The third-order valence-corrected chi connectivity index (χ3v) is 4.33. The molecule has 0 aliphatic rings. The van der Waals surface area contributed by atoms with E-state index >= 15 is 0 Å². The number of hydrogen-bond donors (Lipinski definition) is 1. The molecule has 0 spiro atoms. The number of nitrogens with zero attached hydrogens (tertiary/aromatic N) is 3. The molecule has 0 radical (unpaired) electrons. The van der Waals surface area contributed by atoms with Gasteiger partial charge in [-0.1, -0.05) is 11.8 Å². The molecule has 0 aliphatic heterocycles. The first-order valence-electron chi connectivity index (χ1n) is 9.28. The van der Waals surface area contributed by atoms with Crippen LogP contribution in [0, 0.1) is 11.8 Å². The molecule has 0 atom stereocenters. The molecule has 0 aromatic carbocycles. The van der Waals surface area contributed by atoms with Crippen molar-refractivity contribution in [3.8, 4) is 11.8 Å². The highest BCUT2D eigenvalue weighted by Crippen LogP contribution is 2.16. The molecule has 154 valence electrons. The summed E-state index contributed by atoms with van der Waals surface area (Å²) in [6.07, 6.45) is 3.41. The lowest BCUT2D eigenvalue weighted by atomic mass is 10.1. The van der Waals surface area contributed by atoms with Crippen LogP contribution in [0.2, 0.25) is 0 Å². The molecule has 0 saturated carbocycles. The molecular weight excluding hydrogens is 384 g/mol. The third kappa shape index (κ3) is 4.94. The lowest BCUT2D eigenvalue weighted by molar-refractivity contribution is -0.269. The highest BCUT2D eigenvalue weighted by atomic mass is 16.4. The van der Waals surface area contributed by atoms with E-state index in [0.29, 0.717) is 16.8 Å². The number of hydrogen-bond acceptors (Lipinski definition) is 6. The van der Waals surface area contributed by atoms with Gasteiger partial charge in [-0.3, -0.25) is 9.78 Å². The lowest BCUT2D eigenvalue weighted by Gasteiger charge is -2.36. The van der Waals surface area contributed by atoms with Gasteiger partial charge >= 0.3 is 0 Å². The zero-order chi connectivity index (χ0) is 21.7. The van der Waals surface area contributed by atoms with Crippen molar-refractivity contribution in [2.24, 2.45) is 0 Å². The van der Waals surface area contributed by atoms with Crippen molar-refractivity contribution < 1.29 is 19.1 Å². The van der Waals surface area contributed by atoms with E-state index in [9.17, 15) is 14.7 Å². The van der Waals surface area contributed by atoms with Crippen molar-refractivity contribution in [1.82, 2.24) is 20.2 Å². The number of fused-ring (bicyclic) bond motifs is 1. The predicted octanol–water partition coefficient (Wildman–Crippen LogP) is 1.95. The Morgan fingerprint density at radius 3 is 2.70 bits per heavy atom. The molecule has 2 amide bonds. The average Bonchev–Trinajstić information content (AvgIpc) is 3.21. The van der Waals surface area contributed by atoms with E-state index in [2.05, 4.69) is 27.1 Å². The van der Waals surface area contributed by atoms with Crippen LogP contribution in [0.3, 0.4) is 0 Å². The van der Waals surface area contributed by atoms with Crippen LogP contribution in [0.5, 0.6) is 0 Å². The molecule has 0 saturated heterocycles. The number of rotatable bonds is 4. The number of aromatic nitrogens is 2. The Labute approximate surface area is 173 Å². The Bertz CT molecular complexity index is 1120. The maximum absolute atomic E-state index is 12.4. The van der Waals surface area contributed by atoms with Gasteiger partial charge < -0.3 is 24.5 Å². The average molecular weight is 405 g/mol. The fourth-order valence-corrected chi connectivity index (χ4v) is 2.72. The quantitative estimate of drug-likeness (QED) is 0.664. The number of pyridine rings is 2. The zero-order valence-electron chi connectivity index (χ0n) is 16.9. The summed E-state index contributed by atoms with van der Waals surface area (Å²) < 4.78 is 5.20. The number of furan rings is 1. The summed E-state index contributed by atoms with van der Waals surface area (Å²) >= 11 is 0. The van der Waals surface area contributed by atoms with Gasteiger partial charge in [-0.25, -0.2) is 4.98 Å². The van der Waals surface area contributed by atoms with Gasteiger partial charge in [0, 0.05) is 23.3 Å². The largest absolute Gasteiger partial charge is 0.530 e. The van der Waals surface area contributed by atoms with Crippen LogP contribution >= 0.6 is 0 Å². The van der Waals surface area contributed by atoms with E-state index in [4.69, 9.17) is 4.42 Å². The van der Waals surface area contributed by atoms with Gasteiger partial charge in [-0.05, 0) is 45.0 Å². The molecule has 1 N–H and O–H groups in total. The number of nitrogens with one attached hydrogen (secondary N) is 1. The van der Waals surface area contributed by atoms with Crippen LogP contribution < -0.4 is 10.4 Å². The SMILES string of the molecule is CC(C)(C)N(CC#Cc1cncc2ccc(C(=O)NCc3ccco3)nc12)C(=O)[O-]. The summed E-state index contributed by atoms with van der Waals surface area (Å²) in [5.74, 6) is 6.04. The molecule has 0 fully saturated rings. The molecule has 8 heteroatoms. The molecule has 3 rings (SSSR count). The van der Waals surface area contributed by atoms with Gasteiger partial charge in [0.2, 0.25) is 0 Å². The molecule has 0 unspecified atom stereocenters. The summed E-state index contributed by atoms with van der Waals surface area (Å²) in [7, 11) is 0. The first-order chi connectivity index (χ1) is 14.3. The van der Waals surface area contributed by atoms with E-state index in [-0.39, 0.29) is 24.7 Å². The van der Waals surface area contributed by atoms with Gasteiger partial charge in [-0.15, -0.1) is 0 Å². The van der Waals surface area contributed by atoms with Crippen molar-refractivity contribution in [2.75, 3.05) is 6.54 Å². The van der Waals surface area contributed by atoms with E-state index in [1.54, 1.807) is 51.2 Å². The topological polar surface area (TPSA) is 111 Å². The molecule has 3 aromatic heterocycles. The van der Waals surface area contributed by atoms with E-state index in [1.165, 1.54) is 12.5 Å². The van der Waals surface area contributed by atoms with Crippen LogP contribution in [0.15, 0.2) is 47.3 Å². The minimum atomic E-state index is -1.29. The first-order valence-corrected chi connectivity index (χ1v) is 9.28. The Morgan fingerprint density at radius 1 is 1.23 bits per heavy atom. The standard InChI is InChI=1S/C22H22N4O4/c1-22(2,3)26(21(28)29)10-4-6-15-12-23-13-16-8-9-18(25-19(15)16)20(27)24-14-17-7-5-11-30-17/h5,7-9,11-13H,10,14H2,1-3H3,(H,24,27)(H,28,29)/p-1. The summed E-state index contributed by atoms with van der Waals surface area (Å²) in [4.78, 5) is 33.5. The highest BCUT2D eigenvalue weighted by molar-refractivity contribution is 5.95. The third-order valence-electron chi connectivity index (χ3n) is 4.33. The summed E-state index contributed by atoms with van der Waals surface area (Å²) in [6, 6.07) is 6.86. The highest BCUT2D eigenvalue weighted by Gasteiger charge is 2.19. The number of amides is 2. The van der Waals surface area contributed by atoms with Crippen LogP contribution in [0.1, 0.15) is 42.6 Å². The van der Waals surface area contributed by atoms with Crippen molar-refractivity contribution >= 4 is 22.9 Å². The normalized spacial score (nSPS) is 10.9. The van der Waals surface area contributed by atoms with Gasteiger partial charge in [0.1, 0.15) is 17.5 Å². The van der Waals surface area contributed by atoms with Crippen molar-refractivity contribution in [2.45, 2.75) is 32.9 Å². The van der Waals surface area contributed by atoms with Gasteiger partial charge in [0.25, 0.3) is 5.91 Å². The minimum absolute atomic E-state index is 0.0223. The fourth-order valence-electron chi connectivity index (χ4n) is 2.72. The molecule has 3 heterocycles. The van der Waals surface area contributed by atoms with Gasteiger partial charge in [0.15, 0.2) is 0 Å². The van der Waals surface area contributed by atoms with Crippen molar-refractivity contribution in [3.05, 3.63) is 59.9 Å². The summed E-state index contributed by atoms with van der Waals surface area (Å²) in [6.45, 7) is 5.52. The maximum atomic E-state index is 12.4. The zero-order valence-corrected chi connectivity index (χ0v) is 16.9. The minimum Gasteiger partial charge on any atom is -0.530 e. The van der Waals surface area contributed by atoms with Crippen molar-refractivity contribution in [3.63, 3.8) is 0 Å². The van der Waals surface area contributed by atoms with Crippen LogP contribution in [0.4, 0.5) is 4.79 Å². The van der Waals surface area contributed by atoms with E-state index in [1.807, 2.05) is 0 Å². The summed E-state index contributed by atoms with van der Waals surface area (Å²) in [5.41, 5.74) is 0.607. The summed E-state index contributed by atoms with van der Waals surface area (Å²) in [5, 5.41) is 14.8. The smallest absolute Gasteiger partial charge is 0.270 e. The van der Waals surface area contributed by atoms with Gasteiger partial charge in [-0.2, -0.15) is 0 Å². The van der Waals surface area contributed by atoms with E-state index < -0.39 is 11.6 Å². The first kappa shape index (κ1) is 20.9. The Kier molecular flexibility index (Phi) is 6.02. The number of carboxylic acid groups (broad SMARTS) is 1. The Morgan fingerprint density at radius 2 is 2.03 bits per heavy atom. The second-order valence-corrected chi connectivity index (χ2v) is 7.54. The monoisotopic (exact) mass is 405 g/mol. The Balaban J connectivity index is 1.83. The number of carbonyl (C=O) groups excluding carboxylic acids is 2.